The van der Waals surface area contributed by atoms with Crippen LogP contribution in [0.1, 0.15) is 31.7 Å². The Hall–Kier alpha value is -2.22. The molecule has 1 aliphatic rings. The minimum Gasteiger partial charge on any atom is -0.354 e. The summed E-state index contributed by atoms with van der Waals surface area (Å²) in [6.45, 7) is 4.30. The summed E-state index contributed by atoms with van der Waals surface area (Å²) < 4.78 is 23.3. The Morgan fingerprint density at radius 2 is 1.96 bits per heavy atom. The molecule has 1 aromatic heterocycles. The van der Waals surface area contributed by atoms with Crippen LogP contribution in [0.5, 0.6) is 0 Å². The number of rotatable bonds is 5. The van der Waals surface area contributed by atoms with Crippen LogP contribution in [0.3, 0.4) is 0 Å². The van der Waals surface area contributed by atoms with Crippen LogP contribution in [0.15, 0.2) is 30.5 Å². The van der Waals surface area contributed by atoms with Gasteiger partial charge < -0.3 is 10.2 Å². The number of hydrogen-bond donors (Lipinski definition) is 1. The SMILES string of the molecule is CC(C)c1ccc(Nc2nncc(N(C)C3CCS(=O)(=O)C3)n2)cc1. The molecule has 1 saturated heterocycles. The average molecular weight is 361 g/mol. The molecule has 0 radical (unpaired) electrons. The molecule has 0 spiro atoms. The van der Waals surface area contributed by atoms with Crippen molar-refractivity contribution in [1.82, 2.24) is 15.2 Å². The van der Waals surface area contributed by atoms with E-state index in [2.05, 4.69) is 46.5 Å². The third-order valence-corrected chi connectivity index (χ3v) is 6.25. The van der Waals surface area contributed by atoms with Crippen LogP contribution in [0.2, 0.25) is 0 Å². The molecular weight excluding hydrogens is 338 g/mol. The lowest BCUT2D eigenvalue weighted by Crippen LogP contribution is -2.33. The van der Waals surface area contributed by atoms with Crippen molar-refractivity contribution >= 4 is 27.3 Å². The molecule has 2 heterocycles. The van der Waals surface area contributed by atoms with Gasteiger partial charge in [-0.3, -0.25) is 0 Å². The highest BCUT2D eigenvalue weighted by atomic mass is 32.2. The van der Waals surface area contributed by atoms with Crippen molar-refractivity contribution in [3.05, 3.63) is 36.0 Å². The zero-order valence-corrected chi connectivity index (χ0v) is 15.5. The summed E-state index contributed by atoms with van der Waals surface area (Å²) in [6.07, 6.45) is 2.17. The zero-order valence-electron chi connectivity index (χ0n) is 14.7. The number of anilines is 3. The van der Waals surface area contributed by atoms with Gasteiger partial charge in [-0.05, 0) is 30.0 Å². The molecule has 1 atom stereocenters. The van der Waals surface area contributed by atoms with Crippen LogP contribution in [0, 0.1) is 0 Å². The Bertz CT molecular complexity index is 836. The largest absolute Gasteiger partial charge is 0.354 e. The molecular formula is C17H23N5O2S. The number of benzene rings is 1. The molecule has 1 unspecified atom stereocenters. The van der Waals surface area contributed by atoms with Gasteiger partial charge in [-0.15, -0.1) is 5.10 Å². The fourth-order valence-corrected chi connectivity index (χ4v) is 4.64. The van der Waals surface area contributed by atoms with E-state index in [1.807, 2.05) is 24.1 Å². The highest BCUT2D eigenvalue weighted by Crippen LogP contribution is 2.23. The second-order valence-corrected chi connectivity index (χ2v) is 8.94. The van der Waals surface area contributed by atoms with E-state index < -0.39 is 9.84 Å². The van der Waals surface area contributed by atoms with E-state index in [9.17, 15) is 8.42 Å². The van der Waals surface area contributed by atoms with Crippen LogP contribution < -0.4 is 10.2 Å². The maximum absolute atomic E-state index is 11.7. The maximum atomic E-state index is 11.7. The van der Waals surface area contributed by atoms with Crippen molar-refractivity contribution in [3.63, 3.8) is 0 Å². The van der Waals surface area contributed by atoms with Crippen molar-refractivity contribution in [3.8, 4) is 0 Å². The summed E-state index contributed by atoms with van der Waals surface area (Å²) in [6, 6.07) is 8.04. The Labute approximate surface area is 148 Å². The molecule has 25 heavy (non-hydrogen) atoms. The molecule has 8 heteroatoms. The van der Waals surface area contributed by atoms with Gasteiger partial charge in [-0.25, -0.2) is 8.42 Å². The molecule has 1 aromatic carbocycles. The monoisotopic (exact) mass is 361 g/mol. The Balaban J connectivity index is 1.73. The minimum absolute atomic E-state index is 0.0696. The lowest BCUT2D eigenvalue weighted by Gasteiger charge is -2.24. The zero-order chi connectivity index (χ0) is 18.0. The average Bonchev–Trinajstić information content (AvgIpc) is 2.95. The van der Waals surface area contributed by atoms with Crippen LogP contribution in [0.25, 0.3) is 0 Å². The third-order valence-electron chi connectivity index (χ3n) is 4.50. The molecule has 3 rings (SSSR count). The van der Waals surface area contributed by atoms with Crippen LogP contribution in [0.4, 0.5) is 17.5 Å². The standard InChI is InChI=1S/C17H23N5O2S/c1-12(2)13-4-6-14(7-5-13)19-17-20-16(10-18-21-17)22(3)15-8-9-25(23,24)11-15/h4-7,10,12,15H,8-9,11H2,1-3H3,(H,19,20,21). The number of hydrogen-bond acceptors (Lipinski definition) is 7. The fraction of sp³-hybridized carbons (Fsp3) is 0.471. The highest BCUT2D eigenvalue weighted by molar-refractivity contribution is 7.91. The molecule has 134 valence electrons. The van der Waals surface area contributed by atoms with E-state index in [4.69, 9.17) is 0 Å². The normalized spacial score (nSPS) is 19.1. The van der Waals surface area contributed by atoms with Crippen molar-refractivity contribution in [2.24, 2.45) is 0 Å². The van der Waals surface area contributed by atoms with Crippen LogP contribution in [-0.4, -0.2) is 48.2 Å². The molecule has 0 amide bonds. The first-order chi connectivity index (χ1) is 11.8. The second-order valence-electron chi connectivity index (χ2n) is 6.71. The lowest BCUT2D eigenvalue weighted by atomic mass is 10.0. The number of sulfone groups is 1. The van der Waals surface area contributed by atoms with Crippen LogP contribution in [-0.2, 0) is 9.84 Å². The molecule has 1 N–H and O–H groups in total. The Morgan fingerprint density at radius 1 is 1.24 bits per heavy atom. The molecule has 0 saturated carbocycles. The van der Waals surface area contributed by atoms with Crippen molar-refractivity contribution in [2.75, 3.05) is 28.8 Å². The second kappa shape index (κ2) is 6.95. The van der Waals surface area contributed by atoms with Gasteiger partial charge in [-0.1, -0.05) is 26.0 Å². The van der Waals surface area contributed by atoms with Gasteiger partial charge in [0.25, 0.3) is 0 Å². The number of aromatic nitrogens is 3. The van der Waals surface area contributed by atoms with Gasteiger partial charge in [-0.2, -0.15) is 10.1 Å². The summed E-state index contributed by atoms with van der Waals surface area (Å²) >= 11 is 0. The van der Waals surface area contributed by atoms with Gasteiger partial charge in [0.2, 0.25) is 5.95 Å². The molecule has 2 aromatic rings. The minimum atomic E-state index is -2.94. The van der Waals surface area contributed by atoms with E-state index in [1.165, 1.54) is 5.56 Å². The highest BCUT2D eigenvalue weighted by Gasteiger charge is 2.31. The summed E-state index contributed by atoms with van der Waals surface area (Å²) in [5.41, 5.74) is 2.15. The maximum Gasteiger partial charge on any atom is 0.249 e. The quantitative estimate of drug-likeness (QED) is 0.874. The van der Waals surface area contributed by atoms with E-state index in [0.29, 0.717) is 24.1 Å². The molecule has 1 fully saturated rings. The first-order valence-corrected chi connectivity index (χ1v) is 10.2. The van der Waals surface area contributed by atoms with Crippen molar-refractivity contribution in [2.45, 2.75) is 32.2 Å². The summed E-state index contributed by atoms with van der Waals surface area (Å²) in [5.74, 6) is 1.87. The smallest absolute Gasteiger partial charge is 0.249 e. The van der Waals surface area contributed by atoms with Crippen molar-refractivity contribution in [1.29, 1.82) is 0 Å². The van der Waals surface area contributed by atoms with Crippen molar-refractivity contribution < 1.29 is 8.42 Å². The van der Waals surface area contributed by atoms with E-state index in [0.717, 1.165) is 5.69 Å². The number of nitrogens with zero attached hydrogens (tertiary/aromatic N) is 4. The molecule has 0 bridgehead atoms. The van der Waals surface area contributed by atoms with E-state index in [1.54, 1.807) is 6.20 Å². The topological polar surface area (TPSA) is 88.1 Å². The Kier molecular flexibility index (Phi) is 4.89. The lowest BCUT2D eigenvalue weighted by molar-refractivity contribution is 0.600. The summed E-state index contributed by atoms with van der Waals surface area (Å²) in [4.78, 5) is 6.33. The summed E-state index contributed by atoms with van der Waals surface area (Å²) in [7, 11) is -1.10. The van der Waals surface area contributed by atoms with Gasteiger partial charge in [0, 0.05) is 18.8 Å². The fourth-order valence-electron chi connectivity index (χ4n) is 2.87. The predicted molar refractivity (Wildman–Crippen MR) is 99.1 cm³/mol. The summed E-state index contributed by atoms with van der Waals surface area (Å²) in [5, 5.41) is 11.1. The first kappa shape index (κ1) is 17.6. The third kappa shape index (κ3) is 4.25. The van der Waals surface area contributed by atoms with Gasteiger partial charge >= 0.3 is 0 Å². The Morgan fingerprint density at radius 3 is 2.56 bits per heavy atom. The molecule has 1 aliphatic heterocycles. The van der Waals surface area contributed by atoms with Gasteiger partial charge in [0.15, 0.2) is 15.7 Å². The van der Waals surface area contributed by atoms with E-state index in [-0.39, 0.29) is 17.5 Å². The predicted octanol–water partition coefficient (Wildman–Crippen LogP) is 2.36. The van der Waals surface area contributed by atoms with Gasteiger partial charge in [0.1, 0.15) is 0 Å². The van der Waals surface area contributed by atoms with Crippen LogP contribution >= 0.6 is 0 Å². The molecule has 0 aliphatic carbocycles. The van der Waals surface area contributed by atoms with E-state index >= 15 is 0 Å². The van der Waals surface area contributed by atoms with Gasteiger partial charge in [0.05, 0.1) is 17.7 Å². The number of nitrogens with one attached hydrogen (secondary N) is 1. The molecule has 7 nitrogen and oxygen atoms in total. The first-order valence-electron chi connectivity index (χ1n) is 8.34.